The molecule has 126 valence electrons. The number of methoxy groups -OCH3 is 2. The zero-order valence-electron chi connectivity index (χ0n) is 13.9. The van der Waals surface area contributed by atoms with E-state index in [1.54, 1.807) is 56.7 Å². The molecule has 1 N–H and O–H groups in total. The van der Waals surface area contributed by atoms with Gasteiger partial charge >= 0.3 is 0 Å². The number of rotatable bonds is 7. The van der Waals surface area contributed by atoms with Crippen molar-refractivity contribution in [3.63, 3.8) is 0 Å². The summed E-state index contributed by atoms with van der Waals surface area (Å²) >= 11 is 0. The Morgan fingerprint density at radius 1 is 1.08 bits per heavy atom. The maximum atomic E-state index is 12.0. The van der Waals surface area contributed by atoms with Crippen molar-refractivity contribution in [2.45, 2.75) is 6.92 Å². The van der Waals surface area contributed by atoms with Crippen molar-refractivity contribution in [1.29, 1.82) is 0 Å². The summed E-state index contributed by atoms with van der Waals surface area (Å²) in [6, 6.07) is 12.2. The van der Waals surface area contributed by atoms with Crippen LogP contribution in [0.15, 0.2) is 47.6 Å². The molecule has 1 amide bonds. The average molecular weight is 328 g/mol. The molecule has 2 aromatic carbocycles. The summed E-state index contributed by atoms with van der Waals surface area (Å²) < 4.78 is 15.7. The number of hydrogen-bond donors (Lipinski definition) is 1. The number of nitrogens with one attached hydrogen (secondary N) is 1. The third-order valence-electron chi connectivity index (χ3n) is 3.24. The van der Waals surface area contributed by atoms with Crippen LogP contribution in [0.5, 0.6) is 17.2 Å². The van der Waals surface area contributed by atoms with Gasteiger partial charge < -0.3 is 14.2 Å². The fourth-order valence-corrected chi connectivity index (χ4v) is 2.02. The second kappa shape index (κ2) is 8.57. The third kappa shape index (κ3) is 4.49. The molecule has 0 heterocycles. The van der Waals surface area contributed by atoms with E-state index in [2.05, 4.69) is 10.5 Å². The molecule has 0 fully saturated rings. The standard InChI is InChI=1S/C18H20N2O4/c1-4-24-15-8-5-13(6-9-15)18(21)20-19-12-14-7-10-16(22-2)11-17(14)23-3/h5-12H,4H2,1-3H3,(H,20,21)/b19-12+. The van der Waals surface area contributed by atoms with Crippen molar-refractivity contribution in [1.82, 2.24) is 5.43 Å². The molecule has 2 rings (SSSR count). The van der Waals surface area contributed by atoms with Gasteiger partial charge in [0.15, 0.2) is 0 Å². The Morgan fingerprint density at radius 3 is 2.42 bits per heavy atom. The van der Waals surface area contributed by atoms with Gasteiger partial charge in [-0.25, -0.2) is 5.43 Å². The minimum atomic E-state index is -0.304. The number of nitrogens with zero attached hydrogens (tertiary/aromatic N) is 1. The normalized spacial score (nSPS) is 10.5. The zero-order chi connectivity index (χ0) is 17.4. The highest BCUT2D eigenvalue weighted by Crippen LogP contribution is 2.23. The second-order valence-corrected chi connectivity index (χ2v) is 4.76. The lowest BCUT2D eigenvalue weighted by Gasteiger charge is -2.07. The van der Waals surface area contributed by atoms with E-state index in [9.17, 15) is 4.79 Å². The van der Waals surface area contributed by atoms with Gasteiger partial charge in [-0.15, -0.1) is 0 Å². The first-order valence-corrected chi connectivity index (χ1v) is 7.46. The summed E-state index contributed by atoms with van der Waals surface area (Å²) in [6.07, 6.45) is 1.52. The van der Waals surface area contributed by atoms with Crippen molar-refractivity contribution in [2.24, 2.45) is 5.10 Å². The molecule has 0 aromatic heterocycles. The van der Waals surface area contributed by atoms with Crippen LogP contribution in [0.3, 0.4) is 0 Å². The van der Waals surface area contributed by atoms with Crippen molar-refractivity contribution in [2.75, 3.05) is 20.8 Å². The summed E-state index contributed by atoms with van der Waals surface area (Å²) in [5.41, 5.74) is 3.71. The topological polar surface area (TPSA) is 69.2 Å². The van der Waals surface area contributed by atoms with Crippen LogP contribution in [0.2, 0.25) is 0 Å². The summed E-state index contributed by atoms with van der Waals surface area (Å²) in [7, 11) is 3.14. The van der Waals surface area contributed by atoms with Crippen LogP contribution < -0.4 is 19.6 Å². The lowest BCUT2D eigenvalue weighted by Crippen LogP contribution is -2.17. The summed E-state index contributed by atoms with van der Waals surface area (Å²) in [5.74, 6) is 1.71. The molecule has 0 aliphatic rings. The van der Waals surface area contributed by atoms with Gasteiger partial charge in [0.1, 0.15) is 17.2 Å². The Bertz CT molecular complexity index is 711. The van der Waals surface area contributed by atoms with E-state index < -0.39 is 0 Å². The number of benzene rings is 2. The van der Waals surface area contributed by atoms with Crippen LogP contribution in [0, 0.1) is 0 Å². The van der Waals surface area contributed by atoms with E-state index in [-0.39, 0.29) is 5.91 Å². The summed E-state index contributed by atoms with van der Waals surface area (Å²) in [5, 5.41) is 3.96. The van der Waals surface area contributed by atoms with Gasteiger partial charge in [0, 0.05) is 17.2 Å². The van der Waals surface area contributed by atoms with Crippen molar-refractivity contribution in [3.05, 3.63) is 53.6 Å². The molecule has 24 heavy (non-hydrogen) atoms. The molecular weight excluding hydrogens is 308 g/mol. The zero-order valence-corrected chi connectivity index (χ0v) is 13.9. The van der Waals surface area contributed by atoms with Crippen molar-refractivity contribution in [3.8, 4) is 17.2 Å². The molecule has 0 saturated carbocycles. The molecule has 0 bridgehead atoms. The quantitative estimate of drug-likeness (QED) is 0.627. The van der Waals surface area contributed by atoms with E-state index in [0.29, 0.717) is 23.7 Å². The molecule has 0 radical (unpaired) electrons. The first kappa shape index (κ1) is 17.3. The van der Waals surface area contributed by atoms with Gasteiger partial charge in [0.05, 0.1) is 27.0 Å². The minimum Gasteiger partial charge on any atom is -0.497 e. The summed E-state index contributed by atoms with van der Waals surface area (Å²) in [4.78, 5) is 12.0. The highest BCUT2D eigenvalue weighted by Gasteiger charge is 2.05. The van der Waals surface area contributed by atoms with Gasteiger partial charge in [-0.1, -0.05) is 0 Å². The van der Waals surface area contributed by atoms with Crippen LogP contribution in [0.1, 0.15) is 22.8 Å². The summed E-state index contributed by atoms with van der Waals surface area (Å²) in [6.45, 7) is 2.49. The van der Waals surface area contributed by atoms with Gasteiger partial charge in [-0.3, -0.25) is 4.79 Å². The van der Waals surface area contributed by atoms with Gasteiger partial charge in [0.2, 0.25) is 0 Å². The maximum absolute atomic E-state index is 12.0. The molecule has 0 unspecified atom stereocenters. The second-order valence-electron chi connectivity index (χ2n) is 4.76. The van der Waals surface area contributed by atoms with E-state index in [0.717, 1.165) is 11.3 Å². The SMILES string of the molecule is CCOc1ccc(C(=O)N/N=C/c2ccc(OC)cc2OC)cc1. The number of hydrazone groups is 1. The molecule has 0 saturated heterocycles. The fourth-order valence-electron chi connectivity index (χ4n) is 2.02. The van der Waals surface area contributed by atoms with E-state index >= 15 is 0 Å². The molecule has 0 aliphatic carbocycles. The lowest BCUT2D eigenvalue weighted by molar-refractivity contribution is 0.0955. The highest BCUT2D eigenvalue weighted by atomic mass is 16.5. The predicted octanol–water partition coefficient (Wildman–Crippen LogP) is 2.87. The number of hydrogen-bond acceptors (Lipinski definition) is 5. The van der Waals surface area contributed by atoms with Crippen LogP contribution >= 0.6 is 0 Å². The Hall–Kier alpha value is -3.02. The first-order chi connectivity index (χ1) is 11.7. The van der Waals surface area contributed by atoms with Crippen LogP contribution in [-0.2, 0) is 0 Å². The van der Waals surface area contributed by atoms with Gasteiger partial charge in [-0.05, 0) is 43.3 Å². The number of carbonyl (C=O) groups excluding carboxylic acids is 1. The van der Waals surface area contributed by atoms with Crippen LogP contribution in [-0.4, -0.2) is 32.9 Å². The van der Waals surface area contributed by atoms with Gasteiger partial charge in [-0.2, -0.15) is 5.10 Å². The number of carbonyl (C=O) groups is 1. The first-order valence-electron chi connectivity index (χ1n) is 7.46. The Balaban J connectivity index is 2.01. The smallest absolute Gasteiger partial charge is 0.271 e. The Morgan fingerprint density at radius 2 is 1.79 bits per heavy atom. The van der Waals surface area contributed by atoms with Crippen molar-refractivity contribution >= 4 is 12.1 Å². The molecule has 6 heteroatoms. The Labute approximate surface area is 141 Å². The molecule has 0 spiro atoms. The Kier molecular flexibility index (Phi) is 6.19. The molecular formula is C18H20N2O4. The van der Waals surface area contributed by atoms with Crippen molar-refractivity contribution < 1.29 is 19.0 Å². The largest absolute Gasteiger partial charge is 0.497 e. The van der Waals surface area contributed by atoms with Gasteiger partial charge in [0.25, 0.3) is 5.91 Å². The minimum absolute atomic E-state index is 0.304. The average Bonchev–Trinajstić information content (AvgIpc) is 2.62. The van der Waals surface area contributed by atoms with Crippen LogP contribution in [0.4, 0.5) is 0 Å². The molecule has 6 nitrogen and oxygen atoms in total. The fraction of sp³-hybridized carbons (Fsp3) is 0.222. The highest BCUT2D eigenvalue weighted by molar-refractivity contribution is 5.95. The number of amides is 1. The predicted molar refractivity (Wildman–Crippen MR) is 92.2 cm³/mol. The molecule has 0 atom stereocenters. The molecule has 2 aromatic rings. The van der Waals surface area contributed by atoms with Crippen LogP contribution in [0.25, 0.3) is 0 Å². The molecule has 0 aliphatic heterocycles. The number of ether oxygens (including phenoxy) is 3. The monoisotopic (exact) mass is 328 g/mol. The van der Waals surface area contributed by atoms with E-state index in [4.69, 9.17) is 14.2 Å². The van der Waals surface area contributed by atoms with E-state index in [1.807, 2.05) is 6.92 Å². The van der Waals surface area contributed by atoms with E-state index in [1.165, 1.54) is 6.21 Å². The lowest BCUT2D eigenvalue weighted by atomic mass is 10.2. The third-order valence-corrected chi connectivity index (χ3v) is 3.24. The maximum Gasteiger partial charge on any atom is 0.271 e.